The van der Waals surface area contributed by atoms with Gasteiger partial charge in [-0.3, -0.25) is 16.4 Å². The van der Waals surface area contributed by atoms with Gasteiger partial charge in [-0.2, -0.15) is 5.10 Å². The van der Waals surface area contributed by atoms with E-state index in [-0.39, 0.29) is 6.04 Å². The minimum atomic E-state index is -0.152. The number of halogens is 1. The fourth-order valence-corrected chi connectivity index (χ4v) is 2.82. The number of hydrogen-bond acceptors (Lipinski definition) is 5. The first-order valence-corrected chi connectivity index (χ1v) is 6.75. The van der Waals surface area contributed by atoms with Crippen molar-refractivity contribution in [3.8, 4) is 5.75 Å². The lowest BCUT2D eigenvalue weighted by Crippen LogP contribution is -2.30. The maximum Gasteiger partial charge on any atom is 0.125 e. The normalized spacial score (nSPS) is 14.9. The van der Waals surface area contributed by atoms with Crippen molar-refractivity contribution >= 4 is 17.4 Å². The smallest absolute Gasteiger partial charge is 0.125 e. The lowest BCUT2D eigenvalue weighted by atomic mass is 9.98. The molecule has 2 heterocycles. The number of hydrazine groups is 1. The summed E-state index contributed by atoms with van der Waals surface area (Å²) in [6, 6.07) is 3.71. The van der Waals surface area contributed by atoms with E-state index >= 15 is 0 Å². The van der Waals surface area contributed by atoms with Gasteiger partial charge in [0.05, 0.1) is 18.8 Å². The number of fused-ring (bicyclic) bond motifs is 1. The van der Waals surface area contributed by atoms with Crippen LogP contribution in [0.5, 0.6) is 5.75 Å². The molecule has 6 nitrogen and oxygen atoms in total. The summed E-state index contributed by atoms with van der Waals surface area (Å²) in [6.07, 6.45) is 3.19. The van der Waals surface area contributed by atoms with Gasteiger partial charge in [-0.1, -0.05) is 11.6 Å². The molecule has 0 fully saturated rings. The van der Waals surface area contributed by atoms with Crippen LogP contribution in [0.3, 0.4) is 0 Å². The Bertz CT molecular complexity index is 627. The highest BCUT2D eigenvalue weighted by Gasteiger charge is 2.22. The molecule has 20 heavy (non-hydrogen) atoms. The summed E-state index contributed by atoms with van der Waals surface area (Å²) in [4.78, 5) is 0. The lowest BCUT2D eigenvalue weighted by Gasteiger charge is -2.17. The topological polar surface area (TPSA) is 102 Å². The van der Waals surface area contributed by atoms with Gasteiger partial charge in [-0.25, -0.2) is 0 Å². The molecule has 1 aliphatic heterocycles. The number of benzene rings is 1. The van der Waals surface area contributed by atoms with E-state index in [1.54, 1.807) is 6.20 Å². The molecule has 1 aromatic heterocycles. The van der Waals surface area contributed by atoms with E-state index in [9.17, 15) is 0 Å². The number of hydrogen-bond donors (Lipinski definition) is 4. The number of nitrogens with two attached hydrogens (primary N) is 2. The number of nitrogens with zero attached hydrogens (tertiary/aromatic N) is 1. The molecule has 3 rings (SSSR count). The van der Waals surface area contributed by atoms with Crippen molar-refractivity contribution in [3.63, 3.8) is 0 Å². The number of rotatable bonds is 4. The lowest BCUT2D eigenvalue weighted by molar-refractivity contribution is 0.351. The van der Waals surface area contributed by atoms with Crippen LogP contribution < -0.4 is 21.7 Å². The second-order valence-corrected chi connectivity index (χ2v) is 5.25. The van der Waals surface area contributed by atoms with Crippen molar-refractivity contribution in [1.29, 1.82) is 0 Å². The second-order valence-electron chi connectivity index (χ2n) is 4.81. The maximum atomic E-state index is 6.16. The molecule has 0 aliphatic carbocycles. The summed E-state index contributed by atoms with van der Waals surface area (Å²) in [5.74, 6) is 7.06. The van der Waals surface area contributed by atoms with Crippen molar-refractivity contribution in [2.45, 2.75) is 18.9 Å². The standard InChI is InChI=1S/C13H16ClN5O/c14-9-3-7-1-2-20-12(7)8(4-9)5-11(18-16)10-6-17-19-13(10)15/h3-4,6,11,18H,1-2,5,16H2,(H3,15,17,19). The largest absolute Gasteiger partial charge is 0.493 e. The minimum absolute atomic E-state index is 0.152. The van der Waals surface area contributed by atoms with E-state index < -0.39 is 0 Å². The van der Waals surface area contributed by atoms with Crippen LogP contribution in [0.2, 0.25) is 5.02 Å². The van der Waals surface area contributed by atoms with Crippen molar-refractivity contribution in [1.82, 2.24) is 15.6 Å². The Morgan fingerprint density at radius 1 is 1.50 bits per heavy atom. The van der Waals surface area contributed by atoms with Crippen LogP contribution in [0.1, 0.15) is 22.7 Å². The molecular formula is C13H16ClN5O. The first-order valence-electron chi connectivity index (χ1n) is 6.38. The summed E-state index contributed by atoms with van der Waals surface area (Å²) in [5.41, 5.74) is 11.6. The monoisotopic (exact) mass is 293 g/mol. The second kappa shape index (κ2) is 5.32. The van der Waals surface area contributed by atoms with Crippen molar-refractivity contribution in [2.75, 3.05) is 12.3 Å². The van der Waals surface area contributed by atoms with Gasteiger partial charge in [0.1, 0.15) is 11.6 Å². The van der Waals surface area contributed by atoms with Crippen molar-refractivity contribution in [3.05, 3.63) is 40.0 Å². The number of H-pyrrole nitrogens is 1. The SMILES string of the molecule is NNC(Cc1cc(Cl)cc2c1OCC2)c1cn[nH]c1N. The highest BCUT2D eigenvalue weighted by atomic mass is 35.5. The number of nitrogen functional groups attached to an aromatic ring is 1. The summed E-state index contributed by atoms with van der Waals surface area (Å²) in [6.45, 7) is 0.692. The fourth-order valence-electron chi connectivity index (χ4n) is 2.56. The molecule has 7 heteroatoms. The zero-order valence-corrected chi connectivity index (χ0v) is 11.6. The van der Waals surface area contributed by atoms with Crippen LogP contribution in [0, 0.1) is 0 Å². The van der Waals surface area contributed by atoms with E-state index in [1.165, 1.54) is 0 Å². The molecule has 0 amide bonds. The molecule has 1 aromatic carbocycles. The predicted octanol–water partition coefficient (Wildman–Crippen LogP) is 1.33. The van der Waals surface area contributed by atoms with E-state index in [2.05, 4.69) is 15.6 Å². The number of anilines is 1. The molecule has 0 spiro atoms. The quantitative estimate of drug-likeness (QED) is 0.503. The Kier molecular flexibility index (Phi) is 3.52. The van der Waals surface area contributed by atoms with Gasteiger partial charge < -0.3 is 10.5 Å². The first kappa shape index (κ1) is 13.2. The highest BCUT2D eigenvalue weighted by molar-refractivity contribution is 6.30. The molecule has 1 unspecified atom stereocenters. The molecule has 6 N–H and O–H groups in total. The highest BCUT2D eigenvalue weighted by Crippen LogP contribution is 2.35. The third-order valence-electron chi connectivity index (χ3n) is 3.53. The fraction of sp³-hybridized carbons (Fsp3) is 0.308. The molecular weight excluding hydrogens is 278 g/mol. The third kappa shape index (κ3) is 2.33. The third-order valence-corrected chi connectivity index (χ3v) is 3.74. The zero-order valence-electron chi connectivity index (χ0n) is 10.8. The van der Waals surface area contributed by atoms with Crippen molar-refractivity contribution in [2.24, 2.45) is 5.84 Å². The number of aromatic amines is 1. The van der Waals surface area contributed by atoms with Crippen LogP contribution in [0.25, 0.3) is 0 Å². The number of nitrogens with one attached hydrogen (secondary N) is 2. The predicted molar refractivity (Wildman–Crippen MR) is 77.4 cm³/mol. The zero-order chi connectivity index (χ0) is 14.1. The Morgan fingerprint density at radius 3 is 3.05 bits per heavy atom. The molecule has 2 aromatic rings. The summed E-state index contributed by atoms with van der Waals surface area (Å²) >= 11 is 6.16. The molecule has 0 radical (unpaired) electrons. The number of ether oxygens (including phenoxy) is 1. The van der Waals surface area contributed by atoms with Gasteiger partial charge in [0.25, 0.3) is 0 Å². The molecule has 0 saturated heterocycles. The van der Waals surface area contributed by atoms with Gasteiger partial charge in [0, 0.05) is 17.0 Å². The van der Waals surface area contributed by atoms with Gasteiger partial charge in [0.15, 0.2) is 0 Å². The van der Waals surface area contributed by atoms with E-state index in [4.69, 9.17) is 27.9 Å². The first-order chi connectivity index (χ1) is 9.69. The van der Waals surface area contributed by atoms with E-state index in [1.807, 2.05) is 12.1 Å². The van der Waals surface area contributed by atoms with Crippen LogP contribution >= 0.6 is 11.6 Å². The van der Waals surface area contributed by atoms with Gasteiger partial charge in [-0.05, 0) is 29.7 Å². The summed E-state index contributed by atoms with van der Waals surface area (Å²) < 4.78 is 5.70. The number of aromatic nitrogens is 2. The molecule has 0 bridgehead atoms. The van der Waals surface area contributed by atoms with Crippen LogP contribution in [-0.2, 0) is 12.8 Å². The Labute approximate surface area is 121 Å². The Balaban J connectivity index is 1.92. The minimum Gasteiger partial charge on any atom is -0.493 e. The Hall–Kier alpha value is -1.76. The molecule has 0 saturated carbocycles. The summed E-state index contributed by atoms with van der Waals surface area (Å²) in [5, 5.41) is 7.34. The Morgan fingerprint density at radius 2 is 2.35 bits per heavy atom. The average Bonchev–Trinajstić information content (AvgIpc) is 3.04. The average molecular weight is 294 g/mol. The molecule has 1 aliphatic rings. The van der Waals surface area contributed by atoms with Gasteiger partial charge >= 0.3 is 0 Å². The molecule has 1 atom stereocenters. The van der Waals surface area contributed by atoms with E-state index in [0.29, 0.717) is 23.9 Å². The van der Waals surface area contributed by atoms with E-state index in [0.717, 1.165) is 28.9 Å². The van der Waals surface area contributed by atoms with Crippen LogP contribution in [0.4, 0.5) is 5.82 Å². The molecule has 106 valence electrons. The maximum absolute atomic E-state index is 6.16. The van der Waals surface area contributed by atoms with Gasteiger partial charge in [0.2, 0.25) is 0 Å². The van der Waals surface area contributed by atoms with Gasteiger partial charge in [-0.15, -0.1) is 0 Å². The van der Waals surface area contributed by atoms with Crippen molar-refractivity contribution < 1.29 is 4.74 Å². The summed E-state index contributed by atoms with van der Waals surface area (Å²) in [7, 11) is 0. The van der Waals surface area contributed by atoms with Crippen LogP contribution in [-0.4, -0.2) is 16.8 Å². The van der Waals surface area contributed by atoms with Crippen LogP contribution in [0.15, 0.2) is 18.3 Å².